The van der Waals surface area contributed by atoms with Crippen molar-refractivity contribution in [3.05, 3.63) is 23.5 Å². The number of carbonyl (C=O) groups is 1. The molecule has 0 unspecified atom stereocenters. The Labute approximate surface area is 145 Å². The molecule has 1 saturated heterocycles. The van der Waals surface area contributed by atoms with Gasteiger partial charge in [-0.3, -0.25) is 0 Å². The van der Waals surface area contributed by atoms with Crippen LogP contribution in [-0.2, 0) is 11.2 Å². The predicted octanol–water partition coefficient (Wildman–Crippen LogP) is -2.06. The van der Waals surface area contributed by atoms with Crippen molar-refractivity contribution < 1.29 is 45.6 Å². The summed E-state index contributed by atoms with van der Waals surface area (Å²) in [5.74, 6) is -0.214. The summed E-state index contributed by atoms with van der Waals surface area (Å²) in [7, 11) is 0. The van der Waals surface area contributed by atoms with Crippen molar-refractivity contribution >= 4 is 17.4 Å². The topological polar surface area (TPSA) is 80.0 Å². The third-order valence-corrected chi connectivity index (χ3v) is 3.46. The van der Waals surface area contributed by atoms with Crippen LogP contribution < -0.4 is 34.5 Å². The van der Waals surface area contributed by atoms with E-state index in [1.54, 1.807) is 4.52 Å². The van der Waals surface area contributed by atoms with Gasteiger partial charge in [0.1, 0.15) is 11.4 Å². The van der Waals surface area contributed by atoms with Crippen LogP contribution in [0.4, 0.5) is 5.82 Å². The summed E-state index contributed by atoms with van der Waals surface area (Å²) in [5, 5.41) is 13.3. The molecule has 0 bridgehead atoms. The van der Waals surface area contributed by atoms with E-state index in [0.29, 0.717) is 18.9 Å². The minimum Gasteiger partial charge on any atom is -1.00 e. The minimum absolute atomic E-state index is 0. The van der Waals surface area contributed by atoms with Gasteiger partial charge in [0.25, 0.3) is 0 Å². The van der Waals surface area contributed by atoms with E-state index in [4.69, 9.17) is 4.74 Å². The number of aromatic nitrogens is 3. The summed E-state index contributed by atoms with van der Waals surface area (Å²) in [5.41, 5.74) is 1.48. The number of morpholine rings is 1. The molecule has 8 heteroatoms. The third-order valence-electron chi connectivity index (χ3n) is 3.46. The van der Waals surface area contributed by atoms with Gasteiger partial charge in [-0.1, -0.05) is 6.92 Å². The number of carboxylic acids is 1. The molecule has 0 radical (unpaired) electrons. The van der Waals surface area contributed by atoms with E-state index >= 15 is 0 Å². The van der Waals surface area contributed by atoms with Crippen molar-refractivity contribution in [2.24, 2.45) is 0 Å². The van der Waals surface area contributed by atoms with Gasteiger partial charge in [-0.15, -0.1) is 0 Å². The molecular formula is C13H17N4NaO3. The van der Waals surface area contributed by atoms with E-state index < -0.39 is 5.97 Å². The number of hydrogen-bond acceptors (Lipinski definition) is 5. The Hall–Kier alpha value is -1.15. The maximum Gasteiger partial charge on any atom is 1.00 e. The number of fused-ring (bicyclic) bond motifs is 1. The molecule has 3 heterocycles. The summed E-state index contributed by atoms with van der Waals surface area (Å²) in [4.78, 5) is 17.8. The maximum absolute atomic E-state index is 11.2. The summed E-state index contributed by atoms with van der Waals surface area (Å²) in [6.45, 7) is 4.88. The molecule has 1 aliphatic heterocycles. The zero-order chi connectivity index (χ0) is 14.1. The van der Waals surface area contributed by atoms with Crippen molar-refractivity contribution in [2.45, 2.75) is 13.3 Å². The largest absolute Gasteiger partial charge is 1.00 e. The third kappa shape index (κ3) is 3.06. The Morgan fingerprint density at radius 2 is 2.19 bits per heavy atom. The molecule has 2 aromatic heterocycles. The standard InChI is InChI=1S/C13H16N4O3.Na.H/c1-2-9-7-11(16-3-5-20-6-4-16)15-12-10(13(18)19)8-14-17(9)12;;/h7-8H,2-6H2,1H3,(H,18,19);;/q;+1;-1. The molecule has 1 fully saturated rings. The van der Waals surface area contributed by atoms with Gasteiger partial charge in [0, 0.05) is 24.8 Å². The predicted molar refractivity (Wildman–Crippen MR) is 73.5 cm³/mol. The minimum atomic E-state index is -1.01. The second-order valence-electron chi connectivity index (χ2n) is 4.66. The average molecular weight is 300 g/mol. The van der Waals surface area contributed by atoms with E-state index in [-0.39, 0.29) is 36.5 Å². The van der Waals surface area contributed by atoms with Crippen molar-refractivity contribution in [2.75, 3.05) is 31.2 Å². The Balaban J connectivity index is 0.00000121. The molecule has 3 rings (SSSR count). The SMILES string of the molecule is CCc1cc(N2CCOCC2)nc2c(C(=O)O)cnn12.[H-].[Na+]. The van der Waals surface area contributed by atoms with Crippen LogP contribution in [0.2, 0.25) is 0 Å². The summed E-state index contributed by atoms with van der Waals surface area (Å²) < 4.78 is 6.94. The number of hydrogen-bond donors (Lipinski definition) is 1. The number of anilines is 1. The van der Waals surface area contributed by atoms with Crippen LogP contribution in [0.25, 0.3) is 5.65 Å². The fourth-order valence-electron chi connectivity index (χ4n) is 2.37. The second kappa shape index (κ2) is 6.74. The average Bonchev–Trinajstić information content (AvgIpc) is 2.91. The van der Waals surface area contributed by atoms with E-state index in [1.165, 1.54) is 6.20 Å². The maximum atomic E-state index is 11.2. The van der Waals surface area contributed by atoms with Crippen LogP contribution in [0.1, 0.15) is 24.4 Å². The van der Waals surface area contributed by atoms with Crippen LogP contribution >= 0.6 is 0 Å². The first kappa shape index (κ1) is 16.2. The number of carboxylic acid groups (broad SMARTS) is 1. The van der Waals surface area contributed by atoms with Gasteiger partial charge in [0.05, 0.1) is 19.4 Å². The fraction of sp³-hybridized carbons (Fsp3) is 0.462. The smallest absolute Gasteiger partial charge is 1.00 e. The molecule has 0 atom stereocenters. The molecule has 21 heavy (non-hydrogen) atoms. The normalized spacial score (nSPS) is 15.0. The summed E-state index contributed by atoms with van der Waals surface area (Å²) in [6, 6.07) is 1.97. The van der Waals surface area contributed by atoms with Crippen LogP contribution in [0, 0.1) is 0 Å². The molecule has 0 saturated carbocycles. The number of ether oxygens (including phenoxy) is 1. The van der Waals surface area contributed by atoms with E-state index in [9.17, 15) is 9.90 Å². The van der Waals surface area contributed by atoms with Gasteiger partial charge in [-0.25, -0.2) is 14.3 Å². The van der Waals surface area contributed by atoms with Gasteiger partial charge >= 0.3 is 35.5 Å². The molecule has 0 spiro atoms. The monoisotopic (exact) mass is 300 g/mol. The fourth-order valence-corrected chi connectivity index (χ4v) is 2.37. The van der Waals surface area contributed by atoms with Crippen LogP contribution in [0.5, 0.6) is 0 Å². The Bertz CT molecular complexity index is 658. The molecule has 108 valence electrons. The quantitative estimate of drug-likeness (QED) is 0.657. The molecule has 7 nitrogen and oxygen atoms in total. The molecule has 1 N–H and O–H groups in total. The van der Waals surface area contributed by atoms with Gasteiger partial charge in [-0.2, -0.15) is 5.10 Å². The summed E-state index contributed by atoms with van der Waals surface area (Å²) in [6.07, 6.45) is 2.12. The number of rotatable bonds is 3. The van der Waals surface area contributed by atoms with Crippen LogP contribution in [-0.4, -0.2) is 52.0 Å². The molecule has 0 aliphatic carbocycles. The van der Waals surface area contributed by atoms with E-state index in [0.717, 1.165) is 31.0 Å². The zero-order valence-electron chi connectivity index (χ0n) is 13.2. The molecule has 2 aromatic rings. The zero-order valence-corrected chi connectivity index (χ0v) is 14.2. The van der Waals surface area contributed by atoms with Crippen molar-refractivity contribution in [3.8, 4) is 0 Å². The molecule has 1 aliphatic rings. The van der Waals surface area contributed by atoms with Crippen LogP contribution in [0.15, 0.2) is 12.3 Å². The number of aryl methyl sites for hydroxylation is 1. The Kier molecular flexibility index (Phi) is 5.21. The van der Waals surface area contributed by atoms with Crippen molar-refractivity contribution in [1.29, 1.82) is 0 Å². The van der Waals surface area contributed by atoms with Crippen molar-refractivity contribution in [1.82, 2.24) is 14.6 Å². The van der Waals surface area contributed by atoms with Gasteiger partial charge in [-0.05, 0) is 6.42 Å². The Morgan fingerprint density at radius 3 is 2.81 bits per heavy atom. The van der Waals surface area contributed by atoms with Gasteiger partial charge < -0.3 is 16.2 Å². The molecular weight excluding hydrogens is 283 g/mol. The molecule has 0 amide bonds. The molecule has 0 aromatic carbocycles. The Morgan fingerprint density at radius 1 is 1.48 bits per heavy atom. The van der Waals surface area contributed by atoms with E-state index in [1.807, 2.05) is 13.0 Å². The number of aromatic carboxylic acids is 1. The second-order valence-corrected chi connectivity index (χ2v) is 4.66. The first-order valence-corrected chi connectivity index (χ1v) is 6.64. The van der Waals surface area contributed by atoms with Gasteiger partial charge in [0.2, 0.25) is 0 Å². The van der Waals surface area contributed by atoms with Gasteiger partial charge in [0.15, 0.2) is 5.65 Å². The van der Waals surface area contributed by atoms with Crippen molar-refractivity contribution in [3.63, 3.8) is 0 Å². The first-order chi connectivity index (χ1) is 9.70. The number of nitrogens with zero attached hydrogens (tertiary/aromatic N) is 4. The van der Waals surface area contributed by atoms with Crippen LogP contribution in [0.3, 0.4) is 0 Å². The van der Waals surface area contributed by atoms with E-state index in [2.05, 4.69) is 15.0 Å². The first-order valence-electron chi connectivity index (χ1n) is 6.64. The summed E-state index contributed by atoms with van der Waals surface area (Å²) >= 11 is 0.